The number of primary sulfonamides is 1. The van der Waals surface area contributed by atoms with Crippen LogP contribution in [0.3, 0.4) is 0 Å². The SMILES string of the molecule is CC1(C)CCC(c2ccc(Cl)cc2)=C(CN2CCN(c3ccc(C(=O)N(c4ccc(S(N)(=O)=O)cc4[N+](=O)[O-])[C@H](CCN4CCOCC4)CSc4ccccc4)cc3)CC2)C1. The zero-order valence-electron chi connectivity index (χ0n) is 34.9. The molecule has 0 unspecified atom stereocenters. The Balaban J connectivity index is 1.13. The van der Waals surface area contributed by atoms with Gasteiger partial charge in [-0.3, -0.25) is 29.6 Å². The fourth-order valence-electron chi connectivity index (χ4n) is 8.61. The van der Waals surface area contributed by atoms with E-state index in [-0.39, 0.29) is 11.1 Å². The van der Waals surface area contributed by atoms with Crippen LogP contribution >= 0.6 is 23.4 Å². The van der Waals surface area contributed by atoms with Crippen molar-refractivity contribution in [1.82, 2.24) is 9.80 Å². The van der Waals surface area contributed by atoms with Crippen LogP contribution in [0, 0.1) is 15.5 Å². The molecule has 15 heteroatoms. The molecule has 4 aromatic carbocycles. The van der Waals surface area contributed by atoms with Crippen LogP contribution in [0.15, 0.2) is 112 Å². The second-order valence-electron chi connectivity index (χ2n) is 16.9. The smallest absolute Gasteiger partial charge is 0.294 e. The van der Waals surface area contributed by atoms with Crippen LogP contribution in [-0.2, 0) is 14.8 Å². The number of nitrogens with two attached hydrogens (primary N) is 1. The number of carbonyl (C=O) groups excluding carboxylic acids is 1. The molecule has 2 fully saturated rings. The Morgan fingerprint density at radius 1 is 0.934 bits per heavy atom. The Labute approximate surface area is 368 Å². The number of anilines is 2. The molecule has 0 aromatic heterocycles. The molecule has 2 N–H and O–H groups in total. The highest BCUT2D eigenvalue weighted by Gasteiger charge is 2.34. The number of allylic oxidation sites excluding steroid dienone is 1. The van der Waals surface area contributed by atoms with Crippen molar-refractivity contribution in [2.75, 3.05) is 81.1 Å². The van der Waals surface area contributed by atoms with Crippen molar-refractivity contribution < 1.29 is 22.9 Å². The number of thioether (sulfide) groups is 1. The molecule has 2 heterocycles. The Morgan fingerprint density at radius 3 is 2.28 bits per heavy atom. The first-order chi connectivity index (χ1) is 29.2. The van der Waals surface area contributed by atoms with Gasteiger partial charge in [0, 0.05) is 91.4 Å². The van der Waals surface area contributed by atoms with Gasteiger partial charge in [-0.25, -0.2) is 13.6 Å². The molecule has 3 aliphatic rings. The van der Waals surface area contributed by atoms with Crippen LogP contribution in [0.25, 0.3) is 5.57 Å². The van der Waals surface area contributed by atoms with E-state index in [0.717, 1.165) is 86.7 Å². The first-order valence-corrected chi connectivity index (χ1v) is 23.8. The lowest BCUT2D eigenvalue weighted by Gasteiger charge is -2.39. The van der Waals surface area contributed by atoms with Gasteiger partial charge in [-0.1, -0.05) is 61.4 Å². The Bertz CT molecular complexity index is 2300. The average molecular weight is 888 g/mol. The van der Waals surface area contributed by atoms with E-state index in [4.69, 9.17) is 21.5 Å². The van der Waals surface area contributed by atoms with E-state index in [0.29, 0.717) is 37.5 Å². The van der Waals surface area contributed by atoms with Crippen LogP contribution in [0.5, 0.6) is 0 Å². The summed E-state index contributed by atoms with van der Waals surface area (Å²) in [6.45, 7) is 12.4. The minimum Gasteiger partial charge on any atom is -0.379 e. The number of nitrogens with zero attached hydrogens (tertiary/aromatic N) is 5. The largest absolute Gasteiger partial charge is 0.379 e. The molecule has 4 aromatic rings. The lowest BCUT2D eigenvalue weighted by molar-refractivity contribution is -0.384. The third kappa shape index (κ3) is 11.6. The zero-order chi connectivity index (χ0) is 43.1. The van der Waals surface area contributed by atoms with Crippen LogP contribution in [0.4, 0.5) is 17.1 Å². The summed E-state index contributed by atoms with van der Waals surface area (Å²) < 4.78 is 30.2. The van der Waals surface area contributed by atoms with Crippen LogP contribution in [0.2, 0.25) is 5.02 Å². The van der Waals surface area contributed by atoms with E-state index < -0.39 is 37.5 Å². The zero-order valence-corrected chi connectivity index (χ0v) is 37.3. The van der Waals surface area contributed by atoms with Gasteiger partial charge in [-0.2, -0.15) is 0 Å². The molecule has 0 spiro atoms. The molecule has 0 saturated carbocycles. The predicted octanol–water partition coefficient (Wildman–Crippen LogP) is 8.21. The molecule has 1 aliphatic carbocycles. The summed E-state index contributed by atoms with van der Waals surface area (Å²) in [5.74, 6) is 0.0233. The number of benzene rings is 4. The summed E-state index contributed by atoms with van der Waals surface area (Å²) in [5, 5.41) is 18.8. The second-order valence-corrected chi connectivity index (χ2v) is 20.0. The number of carbonyl (C=O) groups is 1. The quantitative estimate of drug-likeness (QED) is 0.0705. The van der Waals surface area contributed by atoms with Crippen LogP contribution in [0.1, 0.15) is 55.5 Å². The molecule has 2 saturated heterocycles. The lowest BCUT2D eigenvalue weighted by atomic mass is 9.73. The highest BCUT2D eigenvalue weighted by atomic mass is 35.5. The normalized spacial score (nSPS) is 18.2. The van der Waals surface area contributed by atoms with Gasteiger partial charge < -0.3 is 9.64 Å². The number of nitro benzene ring substituents is 1. The molecule has 1 atom stereocenters. The van der Waals surface area contributed by atoms with E-state index in [1.165, 1.54) is 33.7 Å². The van der Waals surface area contributed by atoms with Crippen molar-refractivity contribution in [3.05, 3.63) is 129 Å². The number of hydrogen-bond acceptors (Lipinski definition) is 10. The molecule has 12 nitrogen and oxygen atoms in total. The van der Waals surface area contributed by atoms with Crippen molar-refractivity contribution in [2.45, 2.75) is 55.4 Å². The molecule has 0 radical (unpaired) electrons. The van der Waals surface area contributed by atoms with Crippen LogP contribution in [-0.4, -0.2) is 106 Å². The lowest BCUT2D eigenvalue weighted by Crippen LogP contribution is -2.47. The number of sulfonamides is 1. The first kappa shape index (κ1) is 44.8. The molecule has 61 heavy (non-hydrogen) atoms. The highest BCUT2D eigenvalue weighted by Crippen LogP contribution is 2.43. The molecule has 7 rings (SSSR count). The summed E-state index contributed by atoms with van der Waals surface area (Å²) in [5.41, 5.74) is 5.33. The maximum absolute atomic E-state index is 14.9. The third-order valence-electron chi connectivity index (χ3n) is 12.0. The fraction of sp³-hybridized carbons (Fsp3) is 0.413. The molecule has 2 aliphatic heterocycles. The van der Waals surface area contributed by atoms with Gasteiger partial charge in [0.2, 0.25) is 10.0 Å². The number of amides is 1. The number of hydrogen-bond donors (Lipinski definition) is 1. The van der Waals surface area contributed by atoms with E-state index in [1.807, 2.05) is 54.6 Å². The summed E-state index contributed by atoms with van der Waals surface area (Å²) in [6.07, 6.45) is 3.79. The minimum atomic E-state index is -4.26. The van der Waals surface area contributed by atoms with Crippen molar-refractivity contribution >= 4 is 61.9 Å². The van der Waals surface area contributed by atoms with Crippen molar-refractivity contribution in [3.8, 4) is 0 Å². The molecular formula is C46H55ClN6O6S2. The standard InChI is InChI=1S/C46H55ClN6O6S2/c1-46(2)20-18-42(34-8-12-37(47)13-9-34)36(31-46)32-50-22-24-51(25-23-50)38-14-10-35(11-15-38)45(54)52(43-17-16-41(61(48,57)58)30-44(43)53(55)56)39(19-21-49-26-28-59-29-27-49)33-60-40-6-4-3-5-7-40/h3-17,30,39H,18-29,31-33H2,1-2H3,(H2,48,57,58)/t39-/m1/s1. The Morgan fingerprint density at radius 2 is 1.62 bits per heavy atom. The maximum atomic E-state index is 14.9. The number of piperazine rings is 1. The first-order valence-electron chi connectivity index (χ1n) is 20.9. The number of morpholine rings is 1. The highest BCUT2D eigenvalue weighted by molar-refractivity contribution is 7.99. The molecule has 0 bridgehead atoms. The maximum Gasteiger partial charge on any atom is 0.294 e. The van der Waals surface area contributed by atoms with E-state index in [1.54, 1.807) is 23.9 Å². The Kier molecular flexibility index (Phi) is 14.6. The molecule has 324 valence electrons. The van der Waals surface area contributed by atoms with Gasteiger partial charge >= 0.3 is 0 Å². The number of nitro groups is 1. The summed E-state index contributed by atoms with van der Waals surface area (Å²) >= 11 is 7.79. The van der Waals surface area contributed by atoms with Gasteiger partial charge in [-0.05, 0) is 103 Å². The van der Waals surface area contributed by atoms with Crippen molar-refractivity contribution in [1.29, 1.82) is 0 Å². The topological polar surface area (TPSA) is 143 Å². The summed E-state index contributed by atoms with van der Waals surface area (Å²) in [6, 6.07) is 28.5. The summed E-state index contributed by atoms with van der Waals surface area (Å²) in [4.78, 5) is 36.1. The van der Waals surface area contributed by atoms with Gasteiger partial charge in [0.25, 0.3) is 11.6 Å². The fourth-order valence-corrected chi connectivity index (χ4v) is 10.3. The number of rotatable bonds is 15. The van der Waals surface area contributed by atoms with Gasteiger partial charge in [-0.15, -0.1) is 11.8 Å². The van der Waals surface area contributed by atoms with Gasteiger partial charge in [0.1, 0.15) is 5.69 Å². The van der Waals surface area contributed by atoms with E-state index in [9.17, 15) is 23.3 Å². The average Bonchev–Trinajstić information content (AvgIpc) is 3.25. The van der Waals surface area contributed by atoms with Crippen molar-refractivity contribution in [2.24, 2.45) is 10.6 Å². The number of halogens is 1. The monoisotopic (exact) mass is 886 g/mol. The minimum absolute atomic E-state index is 0.0129. The van der Waals surface area contributed by atoms with Crippen molar-refractivity contribution in [3.63, 3.8) is 0 Å². The molecule has 1 amide bonds. The summed E-state index contributed by atoms with van der Waals surface area (Å²) in [7, 11) is -4.26. The predicted molar refractivity (Wildman–Crippen MR) is 245 cm³/mol. The third-order valence-corrected chi connectivity index (χ3v) is 14.3. The van der Waals surface area contributed by atoms with Gasteiger partial charge in [0.15, 0.2) is 0 Å². The van der Waals surface area contributed by atoms with Crippen LogP contribution < -0.4 is 14.9 Å². The van der Waals surface area contributed by atoms with Gasteiger partial charge in [0.05, 0.1) is 23.0 Å². The van der Waals surface area contributed by atoms with E-state index in [2.05, 4.69) is 40.7 Å². The van der Waals surface area contributed by atoms with E-state index >= 15 is 0 Å². The molecular weight excluding hydrogens is 832 g/mol. The Hall–Kier alpha value is -4.28. The number of ether oxygens (including phenoxy) is 1. The second kappa shape index (κ2) is 19.8.